The van der Waals surface area contributed by atoms with Gasteiger partial charge in [0.25, 0.3) is 0 Å². The molecule has 7 nitrogen and oxygen atoms in total. The monoisotopic (exact) mass is 458 g/mol. The average Bonchev–Trinajstić information content (AvgIpc) is 2.97. The lowest BCUT2D eigenvalue weighted by Gasteiger charge is -2.41. The second kappa shape index (κ2) is 7.67. The molecule has 1 saturated heterocycles. The van der Waals surface area contributed by atoms with Crippen LogP contribution in [0.15, 0.2) is 41.3 Å². The summed E-state index contributed by atoms with van der Waals surface area (Å²) in [6, 6.07) is 5.76. The van der Waals surface area contributed by atoms with Crippen molar-refractivity contribution >= 4 is 33.1 Å². The molecule has 0 unspecified atom stereocenters. The van der Waals surface area contributed by atoms with Gasteiger partial charge in [-0.05, 0) is 61.3 Å². The van der Waals surface area contributed by atoms with Gasteiger partial charge in [0.15, 0.2) is 0 Å². The van der Waals surface area contributed by atoms with Crippen LogP contribution in [0.4, 0.5) is 4.79 Å². The van der Waals surface area contributed by atoms with Crippen molar-refractivity contribution in [1.82, 2.24) is 19.9 Å². The number of halogens is 1. The number of aromatic nitrogens is 3. The summed E-state index contributed by atoms with van der Waals surface area (Å²) in [5, 5.41) is 0. The van der Waals surface area contributed by atoms with Crippen LogP contribution >= 0.6 is 15.9 Å². The fraction of sp³-hybridized carbons (Fsp3) is 0.381. The van der Waals surface area contributed by atoms with Gasteiger partial charge >= 0.3 is 6.09 Å². The van der Waals surface area contributed by atoms with Crippen LogP contribution in [0.5, 0.6) is 5.75 Å². The Balaban J connectivity index is 1.51. The number of fused-ring (bicyclic) bond motifs is 1. The van der Waals surface area contributed by atoms with Gasteiger partial charge in [0.05, 0.1) is 27.9 Å². The van der Waals surface area contributed by atoms with Gasteiger partial charge in [-0.1, -0.05) is 0 Å². The first-order valence-corrected chi connectivity index (χ1v) is 10.3. The van der Waals surface area contributed by atoms with Crippen molar-refractivity contribution in [3.8, 4) is 17.0 Å². The lowest BCUT2D eigenvalue weighted by Crippen LogP contribution is -2.55. The number of rotatable bonds is 4. The van der Waals surface area contributed by atoms with E-state index in [2.05, 4.69) is 30.9 Å². The van der Waals surface area contributed by atoms with E-state index in [0.717, 1.165) is 33.2 Å². The number of pyridine rings is 2. The van der Waals surface area contributed by atoms with E-state index in [1.807, 2.05) is 39.0 Å². The second-order valence-electron chi connectivity index (χ2n) is 8.01. The Bertz CT molecular complexity index is 1040. The third-order valence-electron chi connectivity index (χ3n) is 4.75. The van der Waals surface area contributed by atoms with Crippen LogP contribution in [0.25, 0.3) is 22.3 Å². The fourth-order valence-electron chi connectivity index (χ4n) is 3.24. The number of aromatic amines is 1. The predicted molar refractivity (Wildman–Crippen MR) is 114 cm³/mol. The summed E-state index contributed by atoms with van der Waals surface area (Å²) >= 11 is 3.64. The van der Waals surface area contributed by atoms with Crippen molar-refractivity contribution in [2.75, 3.05) is 13.2 Å². The van der Waals surface area contributed by atoms with E-state index in [9.17, 15) is 4.79 Å². The van der Waals surface area contributed by atoms with Gasteiger partial charge in [0.1, 0.15) is 23.5 Å². The van der Waals surface area contributed by atoms with E-state index in [-0.39, 0.29) is 12.1 Å². The molecule has 1 atom stereocenters. The molecular formula is C21H23BrN4O3. The molecule has 0 bridgehead atoms. The van der Waals surface area contributed by atoms with E-state index in [1.165, 1.54) is 0 Å². The molecule has 1 amide bonds. The number of ether oxygens (including phenoxy) is 2. The van der Waals surface area contributed by atoms with E-state index in [4.69, 9.17) is 9.47 Å². The Morgan fingerprint density at radius 3 is 2.86 bits per heavy atom. The maximum atomic E-state index is 12.3. The summed E-state index contributed by atoms with van der Waals surface area (Å²) < 4.78 is 12.4. The van der Waals surface area contributed by atoms with Gasteiger partial charge in [0.2, 0.25) is 0 Å². The highest BCUT2D eigenvalue weighted by molar-refractivity contribution is 9.10. The number of carbonyl (C=O) groups is 1. The quantitative estimate of drug-likeness (QED) is 0.608. The van der Waals surface area contributed by atoms with Crippen LogP contribution in [-0.2, 0) is 4.74 Å². The predicted octanol–water partition coefficient (Wildman–Crippen LogP) is 4.78. The highest BCUT2D eigenvalue weighted by Crippen LogP contribution is 2.38. The van der Waals surface area contributed by atoms with Crippen molar-refractivity contribution < 1.29 is 14.3 Å². The summed E-state index contributed by atoms with van der Waals surface area (Å²) in [6.07, 6.45) is 5.76. The number of nitrogens with one attached hydrogen (secondary N) is 1. The van der Waals surface area contributed by atoms with Crippen molar-refractivity contribution in [2.45, 2.75) is 38.8 Å². The zero-order valence-electron chi connectivity index (χ0n) is 16.6. The summed E-state index contributed by atoms with van der Waals surface area (Å²) in [5.74, 6) is 0.649. The van der Waals surface area contributed by atoms with Gasteiger partial charge < -0.3 is 19.4 Å². The maximum absolute atomic E-state index is 12.3. The van der Waals surface area contributed by atoms with Crippen LogP contribution < -0.4 is 4.74 Å². The molecule has 1 aliphatic heterocycles. The van der Waals surface area contributed by atoms with E-state index in [0.29, 0.717) is 18.9 Å². The van der Waals surface area contributed by atoms with Gasteiger partial charge in [-0.15, -0.1) is 0 Å². The number of carbonyl (C=O) groups excluding carboxylic acids is 1. The smallest absolute Gasteiger partial charge is 0.410 e. The molecule has 4 heterocycles. The molecule has 0 aromatic carbocycles. The molecule has 1 fully saturated rings. The zero-order valence-corrected chi connectivity index (χ0v) is 18.2. The Labute approximate surface area is 177 Å². The highest BCUT2D eigenvalue weighted by atomic mass is 79.9. The molecule has 0 saturated carbocycles. The third kappa shape index (κ3) is 4.07. The van der Waals surface area contributed by atoms with Gasteiger partial charge in [-0.25, -0.2) is 4.79 Å². The number of H-pyrrole nitrogens is 1. The summed E-state index contributed by atoms with van der Waals surface area (Å²) in [4.78, 5) is 26.0. The lowest BCUT2D eigenvalue weighted by atomic mass is 10.1. The molecule has 0 radical (unpaired) electrons. The molecule has 29 heavy (non-hydrogen) atoms. The minimum Gasteiger partial charge on any atom is -0.489 e. The maximum Gasteiger partial charge on any atom is 0.410 e. The molecule has 1 aliphatic rings. The van der Waals surface area contributed by atoms with Crippen LogP contribution in [0, 0.1) is 0 Å². The summed E-state index contributed by atoms with van der Waals surface area (Å²) in [7, 11) is 0. The standard InChI is InChI=1S/C21H23BrN4O3/c1-21(2,3)29-20(27)26-10-7-13(26)12-28-16-11-23-9-6-14(16)18-17(22)19-15(25-18)5-4-8-24-19/h4-6,8-9,11,13,25H,7,10,12H2,1-3H3/t13-/m1/s1. The van der Waals surface area contributed by atoms with E-state index < -0.39 is 5.60 Å². The Hall–Kier alpha value is -2.61. The Morgan fingerprint density at radius 2 is 2.17 bits per heavy atom. The minimum absolute atomic E-state index is 0.00859. The number of likely N-dealkylation sites (tertiary alicyclic amines) is 1. The van der Waals surface area contributed by atoms with E-state index >= 15 is 0 Å². The molecule has 3 aromatic rings. The number of amides is 1. The summed E-state index contributed by atoms with van der Waals surface area (Å²) in [5.41, 5.74) is 3.05. The Kier molecular flexibility index (Phi) is 5.21. The first-order chi connectivity index (χ1) is 13.8. The average molecular weight is 459 g/mol. The zero-order chi connectivity index (χ0) is 20.6. The van der Waals surface area contributed by atoms with Crippen molar-refractivity contribution in [1.29, 1.82) is 0 Å². The van der Waals surface area contributed by atoms with E-state index in [1.54, 1.807) is 23.5 Å². The van der Waals surface area contributed by atoms with Crippen LogP contribution in [0.1, 0.15) is 27.2 Å². The Morgan fingerprint density at radius 1 is 1.34 bits per heavy atom. The normalized spacial score (nSPS) is 16.6. The topological polar surface area (TPSA) is 80.3 Å². The molecule has 4 rings (SSSR count). The largest absolute Gasteiger partial charge is 0.489 e. The number of hydrogen-bond donors (Lipinski definition) is 1. The van der Waals surface area contributed by atoms with Crippen molar-refractivity contribution in [3.05, 3.63) is 41.3 Å². The van der Waals surface area contributed by atoms with Crippen LogP contribution in [0.2, 0.25) is 0 Å². The molecule has 0 aliphatic carbocycles. The lowest BCUT2D eigenvalue weighted by molar-refractivity contribution is -0.0141. The third-order valence-corrected chi connectivity index (χ3v) is 5.52. The summed E-state index contributed by atoms with van der Waals surface area (Å²) in [6.45, 7) is 6.66. The molecule has 0 spiro atoms. The highest BCUT2D eigenvalue weighted by Gasteiger charge is 2.35. The molecule has 1 N–H and O–H groups in total. The molecule has 3 aromatic heterocycles. The molecule has 8 heteroatoms. The number of nitrogens with zero attached hydrogens (tertiary/aromatic N) is 3. The van der Waals surface area contributed by atoms with Crippen molar-refractivity contribution in [3.63, 3.8) is 0 Å². The number of hydrogen-bond acceptors (Lipinski definition) is 5. The first-order valence-electron chi connectivity index (χ1n) is 9.52. The van der Waals surface area contributed by atoms with Crippen LogP contribution in [-0.4, -0.2) is 50.7 Å². The van der Waals surface area contributed by atoms with Crippen molar-refractivity contribution in [2.24, 2.45) is 0 Å². The molecule has 152 valence electrons. The SMILES string of the molecule is CC(C)(C)OC(=O)N1CC[C@@H]1COc1cnccc1-c1[nH]c2cccnc2c1Br. The first kappa shape index (κ1) is 19.7. The van der Waals surface area contributed by atoms with Crippen LogP contribution in [0.3, 0.4) is 0 Å². The molecular weight excluding hydrogens is 436 g/mol. The van der Waals surface area contributed by atoms with Gasteiger partial charge in [-0.3, -0.25) is 9.97 Å². The van der Waals surface area contributed by atoms with Gasteiger partial charge in [-0.2, -0.15) is 0 Å². The minimum atomic E-state index is -0.509. The fourth-order valence-corrected chi connectivity index (χ4v) is 3.87. The second-order valence-corrected chi connectivity index (χ2v) is 8.81. The van der Waals surface area contributed by atoms with Gasteiger partial charge in [0, 0.05) is 24.5 Å².